The number of carboxylic acid groups (broad SMARTS) is 1. The fraction of sp³-hybridized carbons (Fsp3) is 0.889. The van der Waals surface area contributed by atoms with Crippen molar-refractivity contribution in [3.63, 3.8) is 0 Å². The van der Waals surface area contributed by atoms with E-state index in [2.05, 4.69) is 4.74 Å². The molecular formula is C9H11F6O3-. The Hall–Kier alpha value is -1.15. The zero-order valence-electron chi connectivity index (χ0n) is 9.32. The predicted molar refractivity (Wildman–Crippen MR) is 45.5 cm³/mol. The molecule has 0 aromatic heterocycles. The van der Waals surface area contributed by atoms with Gasteiger partial charge in [0.1, 0.15) is 0 Å². The molecular weight excluding hydrogens is 270 g/mol. The number of alkyl halides is 6. The maximum atomic E-state index is 12.9. The van der Waals surface area contributed by atoms with Crippen molar-refractivity contribution in [3.05, 3.63) is 0 Å². The molecule has 0 saturated heterocycles. The van der Waals surface area contributed by atoms with Crippen LogP contribution >= 0.6 is 0 Å². The minimum Gasteiger partial charge on any atom is -0.490 e. The Bertz CT molecular complexity index is 292. The lowest BCUT2D eigenvalue weighted by atomic mass is 10.0. The number of halogens is 6. The van der Waals surface area contributed by atoms with Crippen LogP contribution in [0.15, 0.2) is 0 Å². The highest BCUT2D eigenvalue weighted by molar-refractivity contribution is 5.54. The number of ether oxygens (including phenoxy) is 1. The highest BCUT2D eigenvalue weighted by Gasteiger charge is 2.44. The summed E-state index contributed by atoms with van der Waals surface area (Å²) in [6.07, 6.45) is -13.1. The van der Waals surface area contributed by atoms with Gasteiger partial charge in [-0.2, -0.15) is 8.78 Å². The van der Waals surface area contributed by atoms with E-state index in [1.807, 2.05) is 0 Å². The minimum atomic E-state index is -4.68. The molecule has 0 unspecified atom stereocenters. The largest absolute Gasteiger partial charge is 0.490 e. The predicted octanol–water partition coefficient (Wildman–Crippen LogP) is 2.79. The normalized spacial score (nSPS) is 13.5. The van der Waals surface area contributed by atoms with E-state index in [9.17, 15) is 36.2 Å². The first-order valence-electron chi connectivity index (χ1n) is 4.93. The van der Waals surface area contributed by atoms with Crippen LogP contribution in [0.3, 0.4) is 0 Å². The maximum absolute atomic E-state index is 12.9. The van der Waals surface area contributed by atoms with Gasteiger partial charge in [0.05, 0.1) is 6.42 Å². The second kappa shape index (κ2) is 5.66. The summed E-state index contributed by atoms with van der Waals surface area (Å²) in [7, 11) is 0. The van der Waals surface area contributed by atoms with Crippen LogP contribution in [0.25, 0.3) is 0 Å². The van der Waals surface area contributed by atoms with Gasteiger partial charge in [-0.1, -0.05) is 6.92 Å². The molecule has 0 aliphatic rings. The molecule has 0 aliphatic carbocycles. The number of carbonyl (C=O) groups excluding carboxylic acids is 1. The number of carbonyl (C=O) groups is 1. The summed E-state index contributed by atoms with van der Waals surface area (Å²) < 4.78 is 79.2. The summed E-state index contributed by atoms with van der Waals surface area (Å²) in [6, 6.07) is 0. The van der Waals surface area contributed by atoms with Crippen molar-refractivity contribution in [2.75, 3.05) is 0 Å². The first-order valence-corrected chi connectivity index (χ1v) is 4.93. The van der Waals surface area contributed by atoms with Crippen molar-refractivity contribution in [2.45, 2.75) is 50.6 Å². The van der Waals surface area contributed by atoms with E-state index < -0.39 is 49.8 Å². The Morgan fingerprint density at radius 3 is 1.89 bits per heavy atom. The highest BCUT2D eigenvalue weighted by atomic mass is 19.3. The molecule has 0 rings (SSSR count). The van der Waals surface area contributed by atoms with Crippen molar-refractivity contribution in [2.24, 2.45) is 0 Å². The average Bonchev–Trinajstić information content (AvgIpc) is 2.11. The molecule has 0 bridgehead atoms. The Morgan fingerprint density at radius 2 is 1.50 bits per heavy atom. The quantitative estimate of drug-likeness (QED) is 0.532. The van der Waals surface area contributed by atoms with Crippen LogP contribution in [0.2, 0.25) is 0 Å². The van der Waals surface area contributed by atoms with Crippen molar-refractivity contribution in [1.29, 1.82) is 0 Å². The molecule has 18 heavy (non-hydrogen) atoms. The van der Waals surface area contributed by atoms with Gasteiger partial charge in [0, 0.05) is 19.3 Å². The highest BCUT2D eigenvalue weighted by Crippen LogP contribution is 2.37. The van der Waals surface area contributed by atoms with Crippen LogP contribution in [-0.4, -0.2) is 24.1 Å². The molecule has 0 atom stereocenters. The molecule has 0 fully saturated rings. The second-order valence-corrected chi connectivity index (χ2v) is 3.73. The smallest absolute Gasteiger partial charge is 0.345 e. The third-order valence-corrected chi connectivity index (χ3v) is 2.07. The summed E-state index contributed by atoms with van der Waals surface area (Å²) in [4.78, 5) is 9.69. The van der Waals surface area contributed by atoms with E-state index in [0.29, 0.717) is 0 Å². The monoisotopic (exact) mass is 281 g/mol. The van der Waals surface area contributed by atoms with Crippen molar-refractivity contribution < 1.29 is 41.0 Å². The summed E-state index contributed by atoms with van der Waals surface area (Å²) in [5, 5.41) is 9.69. The van der Waals surface area contributed by atoms with E-state index in [0.717, 1.165) is 6.92 Å². The Morgan fingerprint density at radius 1 is 1.06 bits per heavy atom. The molecule has 0 saturated carbocycles. The van der Waals surface area contributed by atoms with Crippen molar-refractivity contribution >= 4 is 6.16 Å². The van der Waals surface area contributed by atoms with Gasteiger partial charge in [0.2, 0.25) is 5.92 Å². The van der Waals surface area contributed by atoms with Gasteiger partial charge < -0.3 is 14.6 Å². The van der Waals surface area contributed by atoms with Crippen LogP contribution in [0.5, 0.6) is 0 Å². The van der Waals surface area contributed by atoms with Gasteiger partial charge in [-0.3, -0.25) is 0 Å². The molecule has 0 aliphatic heterocycles. The molecule has 0 aromatic carbocycles. The standard InChI is InChI=1S/C9H12F6O3/c1-2-7(10,11)3-4-8(12,13)5-9(14,15)18-6(16)17/h2-5H2,1H3,(H,16,17)/p-1. The Labute approximate surface area is 98.7 Å². The lowest BCUT2D eigenvalue weighted by Crippen LogP contribution is -2.38. The Balaban J connectivity index is 4.42. The van der Waals surface area contributed by atoms with Gasteiger partial charge in [-0.25, -0.2) is 17.6 Å². The van der Waals surface area contributed by atoms with Crippen LogP contribution < -0.4 is 5.11 Å². The SMILES string of the molecule is CCC(F)(F)CCC(F)(F)CC(F)(F)OC(=O)[O-]. The van der Waals surface area contributed by atoms with Crippen LogP contribution in [0.1, 0.15) is 32.6 Å². The molecule has 0 radical (unpaired) electrons. The van der Waals surface area contributed by atoms with E-state index in [4.69, 9.17) is 0 Å². The molecule has 9 heteroatoms. The zero-order chi connectivity index (χ0) is 14.6. The van der Waals surface area contributed by atoms with Gasteiger partial charge >= 0.3 is 6.11 Å². The summed E-state index contributed by atoms with van der Waals surface area (Å²) in [6.45, 7) is 1.06. The third kappa shape index (κ3) is 7.23. The van der Waals surface area contributed by atoms with Crippen molar-refractivity contribution in [1.82, 2.24) is 0 Å². The molecule has 3 nitrogen and oxygen atoms in total. The van der Waals surface area contributed by atoms with Gasteiger partial charge in [0.25, 0.3) is 12.1 Å². The lowest BCUT2D eigenvalue weighted by Gasteiger charge is -2.26. The fourth-order valence-electron chi connectivity index (χ4n) is 1.09. The van der Waals surface area contributed by atoms with Gasteiger partial charge in [0.15, 0.2) is 0 Å². The molecule has 0 heterocycles. The van der Waals surface area contributed by atoms with E-state index in [1.54, 1.807) is 0 Å². The molecule has 0 amide bonds. The first-order chi connectivity index (χ1) is 7.89. The topological polar surface area (TPSA) is 49.4 Å². The third-order valence-electron chi connectivity index (χ3n) is 2.07. The van der Waals surface area contributed by atoms with E-state index in [-0.39, 0.29) is 0 Å². The second-order valence-electron chi connectivity index (χ2n) is 3.73. The first kappa shape index (κ1) is 16.9. The maximum Gasteiger partial charge on any atom is 0.345 e. The molecule has 0 spiro atoms. The van der Waals surface area contributed by atoms with E-state index >= 15 is 0 Å². The van der Waals surface area contributed by atoms with E-state index in [1.165, 1.54) is 0 Å². The fourth-order valence-corrected chi connectivity index (χ4v) is 1.09. The van der Waals surface area contributed by atoms with Gasteiger partial charge in [-0.05, 0) is 0 Å². The number of hydrogen-bond donors (Lipinski definition) is 0. The van der Waals surface area contributed by atoms with Crippen LogP contribution in [-0.2, 0) is 4.74 Å². The summed E-state index contributed by atoms with van der Waals surface area (Å²) >= 11 is 0. The average molecular weight is 281 g/mol. The summed E-state index contributed by atoms with van der Waals surface area (Å²) in [5.74, 6) is -7.55. The minimum absolute atomic E-state index is 0.699. The number of hydrogen-bond acceptors (Lipinski definition) is 3. The lowest BCUT2D eigenvalue weighted by molar-refractivity contribution is -0.336. The number of rotatable bonds is 7. The molecule has 0 aromatic rings. The summed E-state index contributed by atoms with van der Waals surface area (Å²) in [5.41, 5.74) is 0. The molecule has 0 N–H and O–H groups in total. The van der Waals surface area contributed by atoms with Gasteiger partial charge in [-0.15, -0.1) is 0 Å². The Kier molecular flexibility index (Phi) is 5.30. The van der Waals surface area contributed by atoms with Crippen molar-refractivity contribution in [3.8, 4) is 0 Å². The van der Waals surface area contributed by atoms with Crippen LogP contribution in [0.4, 0.5) is 31.1 Å². The van der Waals surface area contributed by atoms with Crippen LogP contribution in [0, 0.1) is 0 Å². The zero-order valence-corrected chi connectivity index (χ0v) is 9.32. The molecule has 108 valence electrons.